The molecule has 0 saturated heterocycles. The minimum atomic E-state index is -0.0479. The second kappa shape index (κ2) is 20.7. The fourth-order valence-corrected chi connectivity index (χ4v) is 9.47. The van der Waals surface area contributed by atoms with Gasteiger partial charge in [-0.1, -0.05) is 57.8 Å². The Hall–Kier alpha value is -1.46. The third-order valence-corrected chi connectivity index (χ3v) is 11.5. The van der Waals surface area contributed by atoms with Crippen molar-refractivity contribution in [2.24, 2.45) is 47.3 Å². The predicted molar refractivity (Wildman–Crippen MR) is 178 cm³/mol. The van der Waals surface area contributed by atoms with Crippen molar-refractivity contribution in [2.45, 2.75) is 135 Å². The van der Waals surface area contributed by atoms with Crippen LogP contribution in [0.4, 0.5) is 0 Å². The van der Waals surface area contributed by atoms with Crippen molar-refractivity contribution in [3.63, 3.8) is 0 Å². The number of allylic oxidation sites excluding steroid dienone is 1. The molecule has 4 aliphatic rings. The summed E-state index contributed by atoms with van der Waals surface area (Å²) >= 11 is 0. The Labute approximate surface area is 274 Å². The van der Waals surface area contributed by atoms with Gasteiger partial charge in [0.25, 0.3) is 0 Å². The van der Waals surface area contributed by atoms with Crippen LogP contribution >= 0.6 is 0 Å². The SMILES string of the molecule is COCCOC(=O)CC1CCCC(CC2CCCC(C=C=CC3CCCC(CC4CCCC(CC(=O)CCOOC)C4)C3)C2)C1. The van der Waals surface area contributed by atoms with Crippen LogP contribution in [-0.4, -0.2) is 45.8 Å². The van der Waals surface area contributed by atoms with Gasteiger partial charge in [-0.2, -0.15) is 0 Å². The topological polar surface area (TPSA) is 71.1 Å². The maximum absolute atomic E-state index is 12.4. The van der Waals surface area contributed by atoms with Gasteiger partial charge in [-0.05, 0) is 117 Å². The van der Waals surface area contributed by atoms with Crippen LogP contribution in [0.15, 0.2) is 17.9 Å². The fraction of sp³-hybridized carbons (Fsp3) is 0.872. The summed E-state index contributed by atoms with van der Waals surface area (Å²) in [5, 5.41) is 0. The highest BCUT2D eigenvalue weighted by Gasteiger charge is 2.30. The normalized spacial score (nSPS) is 32.3. The molecule has 0 aromatic rings. The van der Waals surface area contributed by atoms with Crippen molar-refractivity contribution >= 4 is 11.8 Å². The number of hydrogen-bond acceptors (Lipinski definition) is 6. The van der Waals surface area contributed by atoms with E-state index in [4.69, 9.17) is 14.4 Å². The first-order valence-corrected chi connectivity index (χ1v) is 18.7. The van der Waals surface area contributed by atoms with Crippen LogP contribution < -0.4 is 0 Å². The molecule has 4 rings (SSSR count). The fourth-order valence-electron chi connectivity index (χ4n) is 9.47. The molecule has 6 nitrogen and oxygen atoms in total. The van der Waals surface area contributed by atoms with Gasteiger partial charge in [-0.15, -0.1) is 5.73 Å². The number of ether oxygens (including phenoxy) is 2. The maximum atomic E-state index is 12.4. The Balaban J connectivity index is 1.15. The minimum Gasteiger partial charge on any atom is -0.463 e. The molecule has 8 unspecified atom stereocenters. The molecule has 0 N–H and O–H groups in total. The van der Waals surface area contributed by atoms with E-state index in [1.807, 2.05) is 0 Å². The molecule has 4 fully saturated rings. The molecule has 0 aliphatic heterocycles. The van der Waals surface area contributed by atoms with E-state index in [0.29, 0.717) is 62.1 Å². The molecule has 6 heteroatoms. The van der Waals surface area contributed by atoms with Gasteiger partial charge in [-0.3, -0.25) is 9.59 Å². The Morgan fingerprint density at radius 2 is 1.13 bits per heavy atom. The standard InChI is InChI=1S/C39H64O6/c1-42-20-21-44-39(41)29-37-17-7-15-35(27-37)25-33-13-5-11-31(23-33)9-3-8-30-10-4-12-32(22-30)24-34-14-6-16-36(26-34)28-38(40)18-19-45-43-2/h8-9,30-37H,4-7,10-29H2,1-2H3. The van der Waals surface area contributed by atoms with Crippen LogP contribution in [0.5, 0.6) is 0 Å². The van der Waals surface area contributed by atoms with Crippen molar-refractivity contribution in [3.8, 4) is 0 Å². The van der Waals surface area contributed by atoms with Crippen molar-refractivity contribution in [2.75, 3.05) is 34.0 Å². The number of hydrogen-bond donors (Lipinski definition) is 0. The van der Waals surface area contributed by atoms with Crippen LogP contribution in [0.25, 0.3) is 0 Å². The lowest BCUT2D eigenvalue weighted by molar-refractivity contribution is -0.271. The molecular formula is C39H64O6. The lowest BCUT2D eigenvalue weighted by Gasteiger charge is -2.34. The van der Waals surface area contributed by atoms with E-state index in [2.05, 4.69) is 22.8 Å². The lowest BCUT2D eigenvalue weighted by atomic mass is 9.71. The van der Waals surface area contributed by atoms with Gasteiger partial charge < -0.3 is 9.47 Å². The van der Waals surface area contributed by atoms with E-state index in [1.54, 1.807) is 7.11 Å². The van der Waals surface area contributed by atoms with Crippen LogP contribution in [0.2, 0.25) is 0 Å². The van der Waals surface area contributed by atoms with Crippen LogP contribution in [0, 0.1) is 47.3 Å². The Bertz CT molecular complexity index is 854. The second-order valence-electron chi connectivity index (χ2n) is 15.3. The summed E-state index contributed by atoms with van der Waals surface area (Å²) in [7, 11) is 3.13. The summed E-state index contributed by atoms with van der Waals surface area (Å²) in [6.07, 6.45) is 30.1. The summed E-state index contributed by atoms with van der Waals surface area (Å²) in [6, 6.07) is 0. The molecule has 45 heavy (non-hydrogen) atoms. The zero-order valence-corrected chi connectivity index (χ0v) is 28.7. The number of rotatable bonds is 17. The van der Waals surface area contributed by atoms with Gasteiger partial charge in [0.05, 0.1) is 20.3 Å². The number of carbonyl (C=O) groups is 2. The highest BCUT2D eigenvalue weighted by Crippen LogP contribution is 2.41. The molecule has 256 valence electrons. The van der Waals surface area contributed by atoms with E-state index < -0.39 is 0 Å². The molecule has 0 aromatic carbocycles. The average Bonchev–Trinajstić information content (AvgIpc) is 3.02. The molecular weight excluding hydrogens is 564 g/mol. The number of Topliss-reactive ketones (excluding diaryl/α,β-unsaturated/α-hetero) is 1. The van der Waals surface area contributed by atoms with Gasteiger partial charge in [0.1, 0.15) is 12.4 Å². The summed E-state index contributed by atoms with van der Waals surface area (Å²) in [5.41, 5.74) is 3.71. The molecule has 0 bridgehead atoms. The Kier molecular flexibility index (Phi) is 16.7. The van der Waals surface area contributed by atoms with Gasteiger partial charge in [0.2, 0.25) is 0 Å². The van der Waals surface area contributed by atoms with Crippen molar-refractivity contribution in [1.29, 1.82) is 0 Å². The van der Waals surface area contributed by atoms with Crippen molar-refractivity contribution in [1.82, 2.24) is 0 Å². The smallest absolute Gasteiger partial charge is 0.306 e. The molecule has 0 amide bonds. The number of carbonyl (C=O) groups excluding carboxylic acids is 2. The zero-order valence-electron chi connectivity index (χ0n) is 28.7. The first kappa shape index (κ1) is 36.4. The van der Waals surface area contributed by atoms with Crippen molar-refractivity contribution in [3.05, 3.63) is 17.9 Å². The number of methoxy groups -OCH3 is 1. The van der Waals surface area contributed by atoms with Gasteiger partial charge >= 0.3 is 5.97 Å². The minimum absolute atomic E-state index is 0.0479. The Morgan fingerprint density at radius 1 is 0.622 bits per heavy atom. The third-order valence-electron chi connectivity index (χ3n) is 11.5. The summed E-state index contributed by atoms with van der Waals surface area (Å²) in [6.45, 7) is 1.22. The number of esters is 1. The molecule has 0 radical (unpaired) electrons. The quantitative estimate of drug-likeness (QED) is 0.0526. The second-order valence-corrected chi connectivity index (χ2v) is 15.3. The first-order valence-electron chi connectivity index (χ1n) is 18.7. The van der Waals surface area contributed by atoms with E-state index >= 15 is 0 Å². The molecule has 0 heterocycles. The first-order chi connectivity index (χ1) is 22.0. The van der Waals surface area contributed by atoms with Crippen LogP contribution in [-0.2, 0) is 28.8 Å². The molecule has 4 aliphatic carbocycles. The predicted octanol–water partition coefficient (Wildman–Crippen LogP) is 9.21. The molecule has 0 aromatic heterocycles. The molecule has 4 saturated carbocycles. The van der Waals surface area contributed by atoms with Crippen LogP contribution in [0.1, 0.15) is 135 Å². The van der Waals surface area contributed by atoms with Gasteiger partial charge in [0.15, 0.2) is 0 Å². The van der Waals surface area contributed by atoms with Gasteiger partial charge in [-0.25, -0.2) is 9.78 Å². The monoisotopic (exact) mass is 628 g/mol. The highest BCUT2D eigenvalue weighted by molar-refractivity contribution is 5.78. The third kappa shape index (κ3) is 14.1. The average molecular weight is 629 g/mol. The summed E-state index contributed by atoms with van der Waals surface area (Å²) in [4.78, 5) is 34.1. The van der Waals surface area contributed by atoms with Crippen molar-refractivity contribution < 1.29 is 28.8 Å². The van der Waals surface area contributed by atoms with E-state index in [-0.39, 0.29) is 5.97 Å². The zero-order chi connectivity index (χ0) is 31.7. The lowest BCUT2D eigenvalue weighted by Crippen LogP contribution is -2.23. The van der Waals surface area contributed by atoms with Gasteiger partial charge in [0, 0.05) is 26.4 Å². The van der Waals surface area contributed by atoms with E-state index in [9.17, 15) is 9.59 Å². The largest absolute Gasteiger partial charge is 0.463 e. The number of ketones is 1. The van der Waals surface area contributed by atoms with E-state index in [0.717, 1.165) is 30.1 Å². The summed E-state index contributed by atoms with van der Waals surface area (Å²) in [5.74, 6) is 5.93. The van der Waals surface area contributed by atoms with Crippen LogP contribution in [0.3, 0.4) is 0 Å². The maximum Gasteiger partial charge on any atom is 0.306 e. The summed E-state index contributed by atoms with van der Waals surface area (Å²) < 4.78 is 10.3. The highest BCUT2D eigenvalue weighted by atomic mass is 17.2. The molecule has 8 atom stereocenters. The molecule has 0 spiro atoms. The Morgan fingerprint density at radius 3 is 1.69 bits per heavy atom. The van der Waals surface area contributed by atoms with E-state index in [1.165, 1.54) is 123 Å².